The number of carbonyl (C=O) groups excluding carboxylic acids is 2. The van der Waals surface area contributed by atoms with Crippen molar-refractivity contribution in [1.29, 1.82) is 0 Å². The molecule has 3 aliphatic rings. The zero-order chi connectivity index (χ0) is 16.3. The average molecular weight is 310 g/mol. The summed E-state index contributed by atoms with van der Waals surface area (Å²) >= 11 is 0. The topological polar surface area (TPSA) is 73.7 Å². The third kappa shape index (κ3) is 4.45. The average Bonchev–Trinajstić information content (AvgIpc) is 2.43. The number of piperidine rings is 3. The largest absolute Gasteiger partial charge is 0.550 e. The summed E-state index contributed by atoms with van der Waals surface area (Å²) < 4.78 is 0. The first-order chi connectivity index (χ1) is 10.3. The van der Waals surface area contributed by atoms with Crippen molar-refractivity contribution in [3.63, 3.8) is 0 Å². The SMILES string of the molecule is CC[C@H]1C[NH+]2CC[C@H]1C[C@@H]2CNC(=O)CC(C)(C)CC(=O)[O-]. The molecule has 0 aromatic carbocycles. The van der Waals surface area contributed by atoms with E-state index >= 15 is 0 Å². The zero-order valence-corrected chi connectivity index (χ0v) is 14.1. The van der Waals surface area contributed by atoms with Crippen molar-refractivity contribution < 1.29 is 19.6 Å². The maximum Gasteiger partial charge on any atom is 0.220 e. The third-order valence-electron chi connectivity index (χ3n) is 5.52. The van der Waals surface area contributed by atoms with Gasteiger partial charge in [0.2, 0.25) is 5.91 Å². The number of carboxylic acids is 1. The van der Waals surface area contributed by atoms with Gasteiger partial charge < -0.3 is 20.1 Å². The lowest BCUT2D eigenvalue weighted by Gasteiger charge is -2.46. The molecule has 3 rings (SSSR count). The Kier molecular flexibility index (Phi) is 5.48. The number of quaternary nitrogens is 1. The molecule has 2 N–H and O–H groups in total. The highest BCUT2D eigenvalue weighted by Gasteiger charge is 2.42. The molecule has 3 fully saturated rings. The molecular weight excluding hydrogens is 280 g/mol. The molecule has 126 valence electrons. The smallest absolute Gasteiger partial charge is 0.220 e. The maximum atomic E-state index is 12.1. The minimum absolute atomic E-state index is 0.0414. The number of aliphatic carboxylic acids is 1. The Balaban J connectivity index is 1.77. The number of amides is 1. The van der Waals surface area contributed by atoms with Gasteiger partial charge in [-0.25, -0.2) is 0 Å². The Morgan fingerprint density at radius 2 is 2.05 bits per heavy atom. The van der Waals surface area contributed by atoms with Gasteiger partial charge in [0.05, 0.1) is 19.6 Å². The van der Waals surface area contributed by atoms with Crippen LogP contribution in [0.5, 0.6) is 0 Å². The fourth-order valence-electron chi connectivity index (χ4n) is 4.32. The number of nitrogens with one attached hydrogen (secondary N) is 2. The molecule has 1 amide bonds. The van der Waals surface area contributed by atoms with Gasteiger partial charge in [0.15, 0.2) is 0 Å². The fraction of sp³-hybridized carbons (Fsp3) is 0.882. The number of hydrogen-bond donors (Lipinski definition) is 2. The van der Waals surface area contributed by atoms with E-state index in [1.807, 2.05) is 0 Å². The number of fused-ring (bicyclic) bond motifs is 3. The second-order valence-electron chi connectivity index (χ2n) is 7.96. The Morgan fingerprint density at radius 3 is 2.59 bits per heavy atom. The van der Waals surface area contributed by atoms with E-state index < -0.39 is 11.4 Å². The van der Waals surface area contributed by atoms with Crippen molar-refractivity contribution in [2.75, 3.05) is 19.6 Å². The molecule has 0 radical (unpaired) electrons. The second kappa shape index (κ2) is 6.99. The normalized spacial score (nSPS) is 31.0. The lowest BCUT2D eigenvalue weighted by Crippen LogP contribution is -3.20. The van der Waals surface area contributed by atoms with Crippen LogP contribution in [0.25, 0.3) is 0 Å². The molecular formula is C17H30N2O3. The monoisotopic (exact) mass is 310 g/mol. The molecule has 3 saturated heterocycles. The summed E-state index contributed by atoms with van der Waals surface area (Å²) in [5.41, 5.74) is -0.547. The van der Waals surface area contributed by atoms with E-state index in [1.54, 1.807) is 18.7 Å². The van der Waals surface area contributed by atoms with E-state index in [1.165, 1.54) is 32.4 Å². The summed E-state index contributed by atoms with van der Waals surface area (Å²) in [4.78, 5) is 24.4. The number of hydrogen-bond acceptors (Lipinski definition) is 3. The van der Waals surface area contributed by atoms with Gasteiger partial charge in [0, 0.05) is 31.1 Å². The highest BCUT2D eigenvalue weighted by molar-refractivity contribution is 5.77. The summed E-state index contributed by atoms with van der Waals surface area (Å²) in [6, 6.07) is 0.537. The van der Waals surface area contributed by atoms with Crippen molar-refractivity contribution in [3.8, 4) is 0 Å². The molecule has 3 aliphatic heterocycles. The number of carbonyl (C=O) groups is 2. The minimum Gasteiger partial charge on any atom is -0.550 e. The van der Waals surface area contributed by atoms with Gasteiger partial charge in [-0.2, -0.15) is 0 Å². The number of rotatable bonds is 7. The third-order valence-corrected chi connectivity index (χ3v) is 5.52. The van der Waals surface area contributed by atoms with Crippen molar-refractivity contribution in [3.05, 3.63) is 0 Å². The first-order valence-corrected chi connectivity index (χ1v) is 8.62. The van der Waals surface area contributed by atoms with Crippen LogP contribution in [0.4, 0.5) is 0 Å². The Hall–Kier alpha value is -1.10. The minimum atomic E-state index is -1.09. The van der Waals surface area contributed by atoms with E-state index in [0.717, 1.165) is 18.4 Å². The molecule has 0 saturated carbocycles. The van der Waals surface area contributed by atoms with Crippen molar-refractivity contribution in [2.45, 2.75) is 58.9 Å². The van der Waals surface area contributed by atoms with E-state index in [0.29, 0.717) is 6.04 Å². The molecule has 5 nitrogen and oxygen atoms in total. The molecule has 0 aliphatic carbocycles. The highest BCUT2D eigenvalue weighted by atomic mass is 16.4. The Morgan fingerprint density at radius 1 is 1.32 bits per heavy atom. The fourth-order valence-corrected chi connectivity index (χ4v) is 4.32. The van der Waals surface area contributed by atoms with Gasteiger partial charge in [-0.05, 0) is 24.2 Å². The van der Waals surface area contributed by atoms with Gasteiger partial charge in [0.1, 0.15) is 6.04 Å². The molecule has 3 heterocycles. The van der Waals surface area contributed by atoms with Crippen LogP contribution < -0.4 is 15.3 Å². The van der Waals surface area contributed by atoms with Gasteiger partial charge in [-0.3, -0.25) is 4.79 Å². The molecule has 4 atom stereocenters. The van der Waals surface area contributed by atoms with Crippen LogP contribution in [0.3, 0.4) is 0 Å². The van der Waals surface area contributed by atoms with E-state index in [4.69, 9.17) is 0 Å². The zero-order valence-electron chi connectivity index (χ0n) is 14.1. The van der Waals surface area contributed by atoms with Gasteiger partial charge in [-0.1, -0.05) is 20.8 Å². The summed E-state index contributed by atoms with van der Waals surface area (Å²) in [5.74, 6) is 0.556. The van der Waals surface area contributed by atoms with Crippen LogP contribution in [0.2, 0.25) is 0 Å². The highest BCUT2D eigenvalue weighted by Crippen LogP contribution is 2.29. The maximum absolute atomic E-state index is 12.1. The van der Waals surface area contributed by atoms with Crippen LogP contribution in [-0.2, 0) is 9.59 Å². The molecule has 0 aromatic heterocycles. The first-order valence-electron chi connectivity index (χ1n) is 8.62. The second-order valence-corrected chi connectivity index (χ2v) is 7.96. The molecule has 1 unspecified atom stereocenters. The summed E-state index contributed by atoms with van der Waals surface area (Å²) in [6.07, 6.45) is 3.98. The summed E-state index contributed by atoms with van der Waals surface area (Å²) in [5, 5.41) is 13.7. The lowest BCUT2D eigenvalue weighted by atomic mass is 9.74. The van der Waals surface area contributed by atoms with Crippen LogP contribution in [-0.4, -0.2) is 37.6 Å². The van der Waals surface area contributed by atoms with Crippen LogP contribution in [0.1, 0.15) is 52.9 Å². The summed E-state index contributed by atoms with van der Waals surface area (Å²) in [6.45, 7) is 9.08. The van der Waals surface area contributed by atoms with E-state index in [9.17, 15) is 14.7 Å². The molecule has 0 spiro atoms. The van der Waals surface area contributed by atoms with E-state index in [-0.39, 0.29) is 18.7 Å². The van der Waals surface area contributed by atoms with Gasteiger partial charge in [-0.15, -0.1) is 0 Å². The standard InChI is InChI=1S/C17H30N2O3/c1-4-12-11-19-6-5-13(12)7-14(19)10-18-15(20)8-17(2,3)9-16(21)22/h12-14H,4-11H2,1-3H3,(H,18,20)(H,21,22)/t12-,13-,14+/m0/s1. The molecule has 2 bridgehead atoms. The van der Waals surface area contributed by atoms with Crippen LogP contribution in [0, 0.1) is 17.3 Å². The van der Waals surface area contributed by atoms with Crippen molar-refractivity contribution in [2.24, 2.45) is 17.3 Å². The van der Waals surface area contributed by atoms with Gasteiger partial charge in [0.25, 0.3) is 0 Å². The molecule has 0 aromatic rings. The lowest BCUT2D eigenvalue weighted by molar-refractivity contribution is -0.945. The predicted molar refractivity (Wildman–Crippen MR) is 82.0 cm³/mol. The first kappa shape index (κ1) is 17.3. The van der Waals surface area contributed by atoms with Crippen molar-refractivity contribution in [1.82, 2.24) is 5.32 Å². The Labute approximate surface area is 133 Å². The van der Waals surface area contributed by atoms with Crippen molar-refractivity contribution >= 4 is 11.9 Å². The van der Waals surface area contributed by atoms with Crippen LogP contribution in [0.15, 0.2) is 0 Å². The van der Waals surface area contributed by atoms with Gasteiger partial charge >= 0.3 is 0 Å². The molecule has 22 heavy (non-hydrogen) atoms. The predicted octanol–water partition coefficient (Wildman–Crippen LogP) is -0.638. The summed E-state index contributed by atoms with van der Waals surface area (Å²) in [7, 11) is 0. The number of carboxylic acid groups (broad SMARTS) is 1. The van der Waals surface area contributed by atoms with Crippen LogP contribution >= 0.6 is 0 Å². The molecule has 5 heteroatoms. The Bertz CT molecular complexity index is 422. The quantitative estimate of drug-likeness (QED) is 0.657. The van der Waals surface area contributed by atoms with E-state index in [2.05, 4.69) is 12.2 Å².